The van der Waals surface area contributed by atoms with Gasteiger partial charge in [0.05, 0.1) is 16.7 Å². The Bertz CT molecular complexity index is 442. The summed E-state index contributed by atoms with van der Waals surface area (Å²) < 4.78 is 0. The van der Waals surface area contributed by atoms with Crippen molar-refractivity contribution >= 4 is 23.2 Å². The maximum Gasteiger partial charge on any atom is 0.0595 e. The van der Waals surface area contributed by atoms with E-state index in [4.69, 9.17) is 23.2 Å². The first-order valence-electron chi connectivity index (χ1n) is 7.70. The third-order valence-corrected chi connectivity index (χ3v) is 4.81. The number of hydrogen-bond acceptors (Lipinski definition) is 3. The molecule has 21 heavy (non-hydrogen) atoms. The highest BCUT2D eigenvalue weighted by Gasteiger charge is 2.22. The van der Waals surface area contributed by atoms with Crippen molar-refractivity contribution in [1.29, 1.82) is 0 Å². The summed E-state index contributed by atoms with van der Waals surface area (Å²) in [5.41, 5.74) is 1.16. The summed E-state index contributed by atoms with van der Waals surface area (Å²) in [4.78, 5) is 2.42. The molecule has 1 aromatic carbocycles. The topological polar surface area (TPSA) is 35.5 Å². The first-order valence-corrected chi connectivity index (χ1v) is 8.46. The van der Waals surface area contributed by atoms with Crippen molar-refractivity contribution in [2.24, 2.45) is 0 Å². The van der Waals surface area contributed by atoms with Gasteiger partial charge in [0.15, 0.2) is 0 Å². The number of likely N-dealkylation sites (tertiary alicyclic amines) is 1. The SMILES string of the molecule is OCC1CCCN1CCCCNCc1ccc(Cl)c(Cl)c1. The quantitative estimate of drug-likeness (QED) is 0.718. The monoisotopic (exact) mass is 330 g/mol. The lowest BCUT2D eigenvalue weighted by Crippen LogP contribution is -2.33. The summed E-state index contributed by atoms with van der Waals surface area (Å²) >= 11 is 11.9. The van der Waals surface area contributed by atoms with E-state index in [0.717, 1.165) is 44.6 Å². The van der Waals surface area contributed by atoms with Gasteiger partial charge in [0.25, 0.3) is 0 Å². The fourth-order valence-corrected chi connectivity index (χ4v) is 3.16. The minimum atomic E-state index is 0.301. The Balaban J connectivity index is 1.56. The smallest absolute Gasteiger partial charge is 0.0595 e. The number of nitrogens with zero attached hydrogens (tertiary/aromatic N) is 1. The van der Waals surface area contributed by atoms with Crippen LogP contribution in [0.1, 0.15) is 31.2 Å². The molecule has 1 aromatic rings. The molecular weight excluding hydrogens is 307 g/mol. The van der Waals surface area contributed by atoms with Gasteiger partial charge in [-0.15, -0.1) is 0 Å². The maximum absolute atomic E-state index is 9.27. The molecule has 2 N–H and O–H groups in total. The first-order chi connectivity index (χ1) is 10.2. The van der Waals surface area contributed by atoms with Gasteiger partial charge in [0, 0.05) is 12.6 Å². The molecule has 1 aliphatic rings. The maximum atomic E-state index is 9.27. The molecule has 2 rings (SSSR count). The van der Waals surface area contributed by atoms with E-state index in [9.17, 15) is 5.11 Å². The molecule has 1 unspecified atom stereocenters. The number of rotatable bonds is 8. The lowest BCUT2D eigenvalue weighted by atomic mass is 10.2. The van der Waals surface area contributed by atoms with Crippen LogP contribution in [-0.2, 0) is 6.54 Å². The molecule has 0 radical (unpaired) electrons. The van der Waals surface area contributed by atoms with Crippen LogP contribution in [0.4, 0.5) is 0 Å². The van der Waals surface area contributed by atoms with Crippen molar-refractivity contribution in [3.05, 3.63) is 33.8 Å². The Morgan fingerprint density at radius 2 is 2.10 bits per heavy atom. The minimum absolute atomic E-state index is 0.301. The highest BCUT2D eigenvalue weighted by atomic mass is 35.5. The standard InChI is InChI=1S/C16H24Cl2N2O/c17-15-6-5-13(10-16(15)18)11-19-7-1-2-8-20-9-3-4-14(20)12-21/h5-6,10,14,19,21H,1-4,7-9,11-12H2. The van der Waals surface area contributed by atoms with Crippen LogP contribution >= 0.6 is 23.2 Å². The minimum Gasteiger partial charge on any atom is -0.395 e. The van der Waals surface area contributed by atoms with Crippen molar-refractivity contribution in [3.63, 3.8) is 0 Å². The van der Waals surface area contributed by atoms with Crippen LogP contribution in [0.5, 0.6) is 0 Å². The van der Waals surface area contributed by atoms with Gasteiger partial charge in [-0.05, 0) is 63.0 Å². The van der Waals surface area contributed by atoms with Crippen molar-refractivity contribution in [3.8, 4) is 0 Å². The highest BCUT2D eigenvalue weighted by Crippen LogP contribution is 2.22. The lowest BCUT2D eigenvalue weighted by molar-refractivity contribution is 0.157. The lowest BCUT2D eigenvalue weighted by Gasteiger charge is -2.22. The first kappa shape index (κ1) is 17.0. The Kier molecular flexibility index (Phi) is 7.27. The van der Waals surface area contributed by atoms with Gasteiger partial charge >= 0.3 is 0 Å². The molecule has 5 heteroatoms. The van der Waals surface area contributed by atoms with Crippen LogP contribution in [0.3, 0.4) is 0 Å². The van der Waals surface area contributed by atoms with Crippen molar-refractivity contribution in [2.75, 3.05) is 26.2 Å². The van der Waals surface area contributed by atoms with Gasteiger partial charge in [-0.3, -0.25) is 4.90 Å². The van der Waals surface area contributed by atoms with E-state index in [0.29, 0.717) is 22.7 Å². The molecule has 0 bridgehead atoms. The van der Waals surface area contributed by atoms with Gasteiger partial charge in [0.2, 0.25) is 0 Å². The summed E-state index contributed by atoms with van der Waals surface area (Å²) in [7, 11) is 0. The number of benzene rings is 1. The number of aliphatic hydroxyl groups is 1. The average Bonchev–Trinajstić information content (AvgIpc) is 2.93. The number of nitrogens with one attached hydrogen (secondary N) is 1. The predicted molar refractivity (Wildman–Crippen MR) is 89.1 cm³/mol. The van der Waals surface area contributed by atoms with E-state index in [1.54, 1.807) is 0 Å². The van der Waals surface area contributed by atoms with E-state index in [2.05, 4.69) is 10.2 Å². The van der Waals surface area contributed by atoms with Gasteiger partial charge in [-0.25, -0.2) is 0 Å². The molecule has 0 aromatic heterocycles. The molecular formula is C16H24Cl2N2O. The second-order valence-electron chi connectivity index (χ2n) is 5.65. The fraction of sp³-hybridized carbons (Fsp3) is 0.625. The third-order valence-electron chi connectivity index (χ3n) is 4.07. The third kappa shape index (κ3) is 5.42. The van der Waals surface area contributed by atoms with Crippen LogP contribution in [0.2, 0.25) is 10.0 Å². The van der Waals surface area contributed by atoms with Crippen LogP contribution in [-0.4, -0.2) is 42.3 Å². The zero-order valence-corrected chi connectivity index (χ0v) is 13.8. The summed E-state index contributed by atoms with van der Waals surface area (Å²) in [5.74, 6) is 0. The van der Waals surface area contributed by atoms with Crippen LogP contribution < -0.4 is 5.32 Å². The van der Waals surface area contributed by atoms with Crippen LogP contribution in [0.25, 0.3) is 0 Å². The normalized spacial score (nSPS) is 19.3. The second kappa shape index (κ2) is 8.96. The zero-order valence-electron chi connectivity index (χ0n) is 12.3. The second-order valence-corrected chi connectivity index (χ2v) is 6.46. The molecule has 0 spiro atoms. The van der Waals surface area contributed by atoms with Gasteiger partial charge in [0.1, 0.15) is 0 Å². The zero-order chi connectivity index (χ0) is 15.1. The van der Waals surface area contributed by atoms with Crippen molar-refractivity contribution in [2.45, 2.75) is 38.3 Å². The molecule has 0 saturated carbocycles. The van der Waals surface area contributed by atoms with Gasteiger partial charge < -0.3 is 10.4 Å². The summed E-state index contributed by atoms with van der Waals surface area (Å²) in [5, 5.41) is 13.9. The Hall–Kier alpha value is -0.320. The molecule has 118 valence electrons. The molecule has 1 saturated heterocycles. The number of hydrogen-bond donors (Lipinski definition) is 2. The van der Waals surface area contributed by atoms with Crippen LogP contribution in [0.15, 0.2) is 18.2 Å². The summed E-state index contributed by atoms with van der Waals surface area (Å²) in [6.45, 7) is 4.36. The van der Waals surface area contributed by atoms with Gasteiger partial charge in [-0.2, -0.15) is 0 Å². The number of unbranched alkanes of at least 4 members (excludes halogenated alkanes) is 1. The Labute approximate surface area is 137 Å². The largest absolute Gasteiger partial charge is 0.395 e. The van der Waals surface area contributed by atoms with Crippen molar-refractivity contribution in [1.82, 2.24) is 10.2 Å². The van der Waals surface area contributed by atoms with E-state index < -0.39 is 0 Å². The van der Waals surface area contributed by atoms with Crippen molar-refractivity contribution < 1.29 is 5.11 Å². The fourth-order valence-electron chi connectivity index (χ4n) is 2.84. The highest BCUT2D eigenvalue weighted by molar-refractivity contribution is 6.42. The Morgan fingerprint density at radius 3 is 2.86 bits per heavy atom. The predicted octanol–water partition coefficient (Wildman–Crippen LogP) is 3.32. The van der Waals surface area contributed by atoms with Gasteiger partial charge in [-0.1, -0.05) is 29.3 Å². The van der Waals surface area contributed by atoms with Crippen LogP contribution in [0, 0.1) is 0 Å². The van der Waals surface area contributed by atoms with E-state index in [1.165, 1.54) is 12.8 Å². The molecule has 3 nitrogen and oxygen atoms in total. The summed E-state index contributed by atoms with van der Waals surface area (Å²) in [6, 6.07) is 6.14. The number of halogens is 2. The van der Waals surface area contributed by atoms with E-state index in [1.807, 2.05) is 18.2 Å². The molecule has 1 heterocycles. The molecule has 1 fully saturated rings. The van der Waals surface area contributed by atoms with E-state index in [-0.39, 0.29) is 0 Å². The van der Waals surface area contributed by atoms with E-state index >= 15 is 0 Å². The molecule has 1 atom stereocenters. The molecule has 0 aliphatic carbocycles. The Morgan fingerprint density at radius 1 is 1.24 bits per heavy atom. The number of aliphatic hydroxyl groups excluding tert-OH is 1. The molecule has 1 aliphatic heterocycles. The molecule has 0 amide bonds. The summed E-state index contributed by atoms with van der Waals surface area (Å²) in [6.07, 6.45) is 4.69. The average molecular weight is 331 g/mol.